The van der Waals surface area contributed by atoms with Crippen LogP contribution < -0.4 is 4.74 Å². The van der Waals surface area contributed by atoms with Crippen molar-refractivity contribution in [2.75, 3.05) is 27.3 Å². The van der Waals surface area contributed by atoms with E-state index in [9.17, 15) is 14.4 Å². The molecule has 1 amide bonds. The lowest BCUT2D eigenvalue weighted by molar-refractivity contribution is -0.151. The predicted octanol–water partition coefficient (Wildman–Crippen LogP) is 0.899. The van der Waals surface area contributed by atoms with Crippen LogP contribution in [0.15, 0.2) is 24.3 Å². The summed E-state index contributed by atoms with van der Waals surface area (Å²) in [6, 6.07) is 6.86. The number of rotatable bonds is 3. The number of carbonyl (C=O) groups excluding carboxylic acids is 3. The molecule has 6 heteroatoms. The molecule has 0 radical (unpaired) electrons. The molecule has 0 spiro atoms. The Bertz CT molecular complexity index is 561. The number of hydrogen-bond donors (Lipinski definition) is 0. The molecule has 1 aromatic rings. The van der Waals surface area contributed by atoms with E-state index in [0.29, 0.717) is 17.9 Å². The van der Waals surface area contributed by atoms with Gasteiger partial charge in [-0.05, 0) is 12.1 Å². The van der Waals surface area contributed by atoms with Crippen molar-refractivity contribution < 1.29 is 23.9 Å². The number of piperidine rings is 1. The van der Waals surface area contributed by atoms with Crippen LogP contribution in [0, 0.1) is 5.92 Å². The molecular formula is C15H17NO5. The van der Waals surface area contributed by atoms with Gasteiger partial charge in [-0.2, -0.15) is 0 Å². The van der Waals surface area contributed by atoms with E-state index in [1.807, 2.05) is 0 Å². The molecule has 0 saturated carbocycles. The van der Waals surface area contributed by atoms with Crippen LogP contribution >= 0.6 is 0 Å². The lowest BCUT2D eigenvalue weighted by Crippen LogP contribution is -2.47. The van der Waals surface area contributed by atoms with Gasteiger partial charge < -0.3 is 14.4 Å². The minimum Gasteiger partial charge on any atom is -0.496 e. The second kappa shape index (κ2) is 6.39. The fourth-order valence-electron chi connectivity index (χ4n) is 2.36. The quantitative estimate of drug-likeness (QED) is 0.611. The second-order valence-corrected chi connectivity index (χ2v) is 4.74. The first-order chi connectivity index (χ1) is 10.1. The second-order valence-electron chi connectivity index (χ2n) is 4.74. The molecule has 0 N–H and O–H groups in total. The van der Waals surface area contributed by atoms with Crippen LogP contribution in [-0.4, -0.2) is 49.9 Å². The van der Waals surface area contributed by atoms with E-state index in [1.54, 1.807) is 24.3 Å². The maximum atomic E-state index is 12.5. The van der Waals surface area contributed by atoms with Crippen molar-refractivity contribution in [3.05, 3.63) is 29.8 Å². The molecule has 1 unspecified atom stereocenters. The lowest BCUT2D eigenvalue weighted by atomic mass is 9.96. The number of methoxy groups -OCH3 is 2. The Hall–Kier alpha value is -2.37. The summed E-state index contributed by atoms with van der Waals surface area (Å²) >= 11 is 0. The Morgan fingerprint density at radius 3 is 2.62 bits per heavy atom. The largest absolute Gasteiger partial charge is 0.496 e. The van der Waals surface area contributed by atoms with Gasteiger partial charge in [0, 0.05) is 19.5 Å². The number of amides is 1. The van der Waals surface area contributed by atoms with Gasteiger partial charge in [-0.25, -0.2) is 0 Å². The fourth-order valence-corrected chi connectivity index (χ4v) is 2.36. The number of likely N-dealkylation sites (tertiary alicyclic amines) is 1. The number of ether oxygens (including phenoxy) is 2. The number of benzene rings is 1. The van der Waals surface area contributed by atoms with Gasteiger partial charge >= 0.3 is 5.97 Å². The molecule has 0 aliphatic carbocycles. The molecule has 112 valence electrons. The number of carbonyl (C=O) groups is 3. The molecule has 0 aromatic heterocycles. The monoisotopic (exact) mass is 291 g/mol. The van der Waals surface area contributed by atoms with Gasteiger partial charge in [0.1, 0.15) is 11.7 Å². The van der Waals surface area contributed by atoms with Crippen LogP contribution in [0.5, 0.6) is 5.75 Å². The standard InChI is InChI=1S/C15H17NO5/c1-20-13-6-4-3-5-10(13)14(18)16-8-7-12(17)11(9-16)15(19)21-2/h3-6,11H,7-9H2,1-2H3. The summed E-state index contributed by atoms with van der Waals surface area (Å²) in [4.78, 5) is 37.4. The Labute approximate surface area is 122 Å². The maximum absolute atomic E-state index is 12.5. The number of nitrogens with zero attached hydrogens (tertiary/aromatic N) is 1. The summed E-state index contributed by atoms with van der Waals surface area (Å²) in [5.74, 6) is -1.48. The highest BCUT2D eigenvalue weighted by atomic mass is 16.5. The summed E-state index contributed by atoms with van der Waals surface area (Å²) < 4.78 is 9.78. The first-order valence-electron chi connectivity index (χ1n) is 6.61. The minimum atomic E-state index is -0.901. The summed E-state index contributed by atoms with van der Waals surface area (Å²) in [6.07, 6.45) is 0.153. The van der Waals surface area contributed by atoms with Gasteiger partial charge in [-0.1, -0.05) is 12.1 Å². The van der Waals surface area contributed by atoms with Crippen molar-refractivity contribution in [3.8, 4) is 5.75 Å². The van der Waals surface area contributed by atoms with E-state index in [2.05, 4.69) is 4.74 Å². The average molecular weight is 291 g/mol. The van der Waals surface area contributed by atoms with Crippen molar-refractivity contribution >= 4 is 17.7 Å². The Morgan fingerprint density at radius 1 is 1.24 bits per heavy atom. The van der Waals surface area contributed by atoms with Crippen molar-refractivity contribution in [2.24, 2.45) is 5.92 Å². The Morgan fingerprint density at radius 2 is 1.95 bits per heavy atom. The highest BCUT2D eigenvalue weighted by molar-refractivity contribution is 6.03. The molecule has 1 aliphatic rings. The van der Waals surface area contributed by atoms with Gasteiger partial charge in [-0.3, -0.25) is 14.4 Å². The van der Waals surface area contributed by atoms with Crippen LogP contribution in [0.2, 0.25) is 0 Å². The number of esters is 1. The highest BCUT2D eigenvalue weighted by Gasteiger charge is 2.36. The third-order valence-electron chi connectivity index (χ3n) is 3.53. The molecule has 1 aromatic carbocycles. The number of Topliss-reactive ketones (excluding diaryl/α,β-unsaturated/α-hetero) is 1. The molecule has 21 heavy (non-hydrogen) atoms. The number of para-hydroxylation sites is 1. The summed E-state index contributed by atoms with van der Waals surface area (Å²) in [5, 5.41) is 0. The van der Waals surface area contributed by atoms with E-state index < -0.39 is 11.9 Å². The molecular weight excluding hydrogens is 274 g/mol. The minimum absolute atomic E-state index is 0.0440. The van der Waals surface area contributed by atoms with Crippen molar-refractivity contribution in [1.29, 1.82) is 0 Å². The fraction of sp³-hybridized carbons (Fsp3) is 0.400. The summed E-state index contributed by atoms with van der Waals surface area (Å²) in [6.45, 7) is 0.339. The summed E-state index contributed by atoms with van der Waals surface area (Å²) in [5.41, 5.74) is 0.415. The predicted molar refractivity (Wildman–Crippen MR) is 74.0 cm³/mol. The van der Waals surface area contributed by atoms with E-state index >= 15 is 0 Å². The molecule has 1 atom stereocenters. The van der Waals surface area contributed by atoms with Crippen molar-refractivity contribution in [3.63, 3.8) is 0 Å². The Kier molecular flexibility index (Phi) is 4.57. The van der Waals surface area contributed by atoms with Gasteiger partial charge in [0.2, 0.25) is 0 Å². The summed E-state index contributed by atoms with van der Waals surface area (Å²) in [7, 11) is 2.72. The van der Waals surface area contributed by atoms with Gasteiger partial charge in [-0.15, -0.1) is 0 Å². The van der Waals surface area contributed by atoms with Crippen LogP contribution in [0.4, 0.5) is 0 Å². The van der Waals surface area contributed by atoms with Crippen molar-refractivity contribution in [2.45, 2.75) is 6.42 Å². The third-order valence-corrected chi connectivity index (χ3v) is 3.53. The Balaban J connectivity index is 2.20. The molecule has 6 nitrogen and oxygen atoms in total. The topological polar surface area (TPSA) is 72.9 Å². The van der Waals surface area contributed by atoms with E-state index in [0.717, 1.165) is 0 Å². The van der Waals surface area contributed by atoms with E-state index in [4.69, 9.17) is 4.74 Å². The van der Waals surface area contributed by atoms with Crippen LogP contribution in [-0.2, 0) is 14.3 Å². The molecule has 1 fully saturated rings. The van der Waals surface area contributed by atoms with Crippen LogP contribution in [0.1, 0.15) is 16.8 Å². The van der Waals surface area contributed by atoms with Gasteiger partial charge in [0.05, 0.1) is 19.8 Å². The zero-order chi connectivity index (χ0) is 15.4. The van der Waals surface area contributed by atoms with Crippen LogP contribution in [0.25, 0.3) is 0 Å². The molecule has 2 rings (SSSR count). The zero-order valence-electron chi connectivity index (χ0n) is 12.0. The van der Waals surface area contributed by atoms with Crippen LogP contribution in [0.3, 0.4) is 0 Å². The SMILES string of the molecule is COC(=O)C1CN(C(=O)c2ccccc2OC)CCC1=O. The first-order valence-corrected chi connectivity index (χ1v) is 6.61. The van der Waals surface area contributed by atoms with E-state index in [-0.39, 0.29) is 24.7 Å². The molecule has 1 aliphatic heterocycles. The molecule has 1 saturated heterocycles. The maximum Gasteiger partial charge on any atom is 0.318 e. The van der Waals surface area contributed by atoms with Gasteiger partial charge in [0.15, 0.2) is 5.78 Å². The third kappa shape index (κ3) is 3.04. The molecule has 1 heterocycles. The van der Waals surface area contributed by atoms with Crippen molar-refractivity contribution in [1.82, 2.24) is 4.90 Å². The van der Waals surface area contributed by atoms with E-state index in [1.165, 1.54) is 19.1 Å². The highest BCUT2D eigenvalue weighted by Crippen LogP contribution is 2.22. The lowest BCUT2D eigenvalue weighted by Gasteiger charge is -2.30. The smallest absolute Gasteiger partial charge is 0.318 e. The van der Waals surface area contributed by atoms with Gasteiger partial charge in [0.25, 0.3) is 5.91 Å². The molecule has 0 bridgehead atoms. The normalized spacial score (nSPS) is 18.3. The first kappa shape index (κ1) is 15.0. The number of hydrogen-bond acceptors (Lipinski definition) is 5. The number of ketones is 1. The average Bonchev–Trinajstić information content (AvgIpc) is 2.53. The zero-order valence-corrected chi connectivity index (χ0v) is 12.0.